The first-order valence-electron chi connectivity index (χ1n) is 10.8. The van der Waals surface area contributed by atoms with E-state index in [0.717, 1.165) is 43.8 Å². The van der Waals surface area contributed by atoms with Gasteiger partial charge < -0.3 is 14.2 Å². The summed E-state index contributed by atoms with van der Waals surface area (Å²) in [7, 11) is 0. The lowest BCUT2D eigenvalue weighted by molar-refractivity contribution is 0.0527. The standard InChI is InChI=1S/C27H23NO4S/c1-3-30-27(29)25-22(13-18-11-12-23-24(14-18)32-16-31-23)17(2)33-26(25)28-15-20-9-6-8-19-7-4-5-10-21(19)20/h4-12,14-15H,3,13,16H2,1-2H3. The molecule has 0 radical (unpaired) electrons. The summed E-state index contributed by atoms with van der Waals surface area (Å²) in [6.07, 6.45) is 2.41. The van der Waals surface area contributed by atoms with Crippen LogP contribution in [0.15, 0.2) is 65.7 Å². The van der Waals surface area contributed by atoms with Gasteiger partial charge in [-0.05, 0) is 54.3 Å². The Hall–Kier alpha value is -3.64. The Morgan fingerprint density at radius 1 is 1.09 bits per heavy atom. The molecule has 3 aromatic carbocycles. The summed E-state index contributed by atoms with van der Waals surface area (Å²) in [5.41, 5.74) is 3.51. The summed E-state index contributed by atoms with van der Waals surface area (Å²) in [5.74, 6) is 1.13. The smallest absolute Gasteiger partial charge is 0.341 e. The molecule has 0 fully saturated rings. The maximum atomic E-state index is 13.0. The lowest BCUT2D eigenvalue weighted by Gasteiger charge is -2.08. The van der Waals surface area contributed by atoms with E-state index in [-0.39, 0.29) is 12.8 Å². The quantitative estimate of drug-likeness (QED) is 0.246. The van der Waals surface area contributed by atoms with Crippen LogP contribution in [0, 0.1) is 6.92 Å². The van der Waals surface area contributed by atoms with E-state index < -0.39 is 0 Å². The van der Waals surface area contributed by atoms with E-state index >= 15 is 0 Å². The normalized spacial score (nSPS) is 12.5. The molecule has 1 aliphatic heterocycles. The Bertz CT molecular complexity index is 1370. The molecule has 1 aromatic heterocycles. The van der Waals surface area contributed by atoms with Crippen LogP contribution < -0.4 is 9.47 Å². The lowest BCUT2D eigenvalue weighted by Crippen LogP contribution is -2.07. The van der Waals surface area contributed by atoms with Gasteiger partial charge in [-0.3, -0.25) is 0 Å². The molecule has 4 aromatic rings. The first-order valence-corrected chi connectivity index (χ1v) is 11.7. The van der Waals surface area contributed by atoms with Crippen LogP contribution in [-0.2, 0) is 11.2 Å². The number of benzene rings is 3. The number of aliphatic imine (C=N–C) groups is 1. The van der Waals surface area contributed by atoms with E-state index in [4.69, 9.17) is 19.2 Å². The van der Waals surface area contributed by atoms with Crippen LogP contribution in [0.1, 0.15) is 38.8 Å². The van der Waals surface area contributed by atoms with Crippen molar-refractivity contribution >= 4 is 39.3 Å². The minimum atomic E-state index is -0.345. The van der Waals surface area contributed by atoms with Gasteiger partial charge in [0.15, 0.2) is 11.5 Å². The third-order valence-electron chi connectivity index (χ3n) is 5.63. The number of fused-ring (bicyclic) bond motifs is 2. The summed E-state index contributed by atoms with van der Waals surface area (Å²) in [6.45, 7) is 4.38. The largest absolute Gasteiger partial charge is 0.462 e. The van der Waals surface area contributed by atoms with Gasteiger partial charge in [0.1, 0.15) is 10.6 Å². The fourth-order valence-corrected chi connectivity index (χ4v) is 5.03. The SMILES string of the molecule is CCOC(=O)c1c(N=Cc2cccc3ccccc23)sc(C)c1Cc1ccc2c(c1)OCO2. The minimum Gasteiger partial charge on any atom is -0.462 e. The zero-order valence-electron chi connectivity index (χ0n) is 18.5. The molecule has 33 heavy (non-hydrogen) atoms. The van der Waals surface area contributed by atoms with E-state index in [1.54, 1.807) is 0 Å². The van der Waals surface area contributed by atoms with E-state index in [2.05, 4.69) is 18.2 Å². The van der Waals surface area contributed by atoms with Crippen molar-refractivity contribution in [2.24, 2.45) is 4.99 Å². The highest BCUT2D eigenvalue weighted by molar-refractivity contribution is 7.16. The molecular weight excluding hydrogens is 434 g/mol. The van der Waals surface area contributed by atoms with Crippen molar-refractivity contribution in [1.29, 1.82) is 0 Å². The second kappa shape index (κ2) is 9.08. The molecule has 166 valence electrons. The van der Waals surface area contributed by atoms with Gasteiger partial charge in [0, 0.05) is 16.7 Å². The van der Waals surface area contributed by atoms with Gasteiger partial charge in [-0.15, -0.1) is 11.3 Å². The third-order valence-corrected chi connectivity index (χ3v) is 6.69. The van der Waals surface area contributed by atoms with Crippen LogP contribution in [-0.4, -0.2) is 25.6 Å². The first kappa shape index (κ1) is 21.2. The number of nitrogens with zero attached hydrogens (tertiary/aromatic N) is 1. The fraction of sp³-hybridized carbons (Fsp3) is 0.185. The van der Waals surface area contributed by atoms with Crippen molar-refractivity contribution in [2.45, 2.75) is 20.3 Å². The topological polar surface area (TPSA) is 57.1 Å². The molecule has 5 nitrogen and oxygen atoms in total. The maximum Gasteiger partial charge on any atom is 0.341 e. The van der Waals surface area contributed by atoms with E-state index in [1.807, 2.05) is 62.5 Å². The predicted molar refractivity (Wildman–Crippen MR) is 132 cm³/mol. The highest BCUT2D eigenvalue weighted by atomic mass is 32.1. The Morgan fingerprint density at radius 2 is 1.91 bits per heavy atom. The molecule has 5 rings (SSSR count). The summed E-state index contributed by atoms with van der Waals surface area (Å²) in [5, 5.41) is 2.93. The number of hydrogen-bond acceptors (Lipinski definition) is 6. The Kier molecular flexibility index (Phi) is 5.84. The zero-order chi connectivity index (χ0) is 22.8. The minimum absolute atomic E-state index is 0.234. The van der Waals surface area contributed by atoms with Crippen molar-refractivity contribution < 1.29 is 19.0 Å². The summed E-state index contributed by atoms with van der Waals surface area (Å²) < 4.78 is 16.3. The van der Waals surface area contributed by atoms with Gasteiger partial charge in [-0.2, -0.15) is 0 Å². The molecule has 1 aliphatic rings. The number of aryl methyl sites for hydroxylation is 1. The van der Waals surface area contributed by atoms with Crippen LogP contribution in [0.25, 0.3) is 10.8 Å². The monoisotopic (exact) mass is 457 g/mol. The molecule has 0 amide bonds. The Morgan fingerprint density at radius 3 is 2.79 bits per heavy atom. The van der Waals surface area contributed by atoms with E-state index in [1.165, 1.54) is 11.3 Å². The molecule has 0 spiro atoms. The number of carbonyl (C=O) groups excluding carboxylic acids is 1. The molecule has 0 N–H and O–H groups in total. The molecule has 2 heterocycles. The second-order valence-corrected chi connectivity index (χ2v) is 8.93. The van der Waals surface area contributed by atoms with Crippen molar-refractivity contribution in [3.8, 4) is 11.5 Å². The molecule has 6 heteroatoms. The summed E-state index contributed by atoms with van der Waals surface area (Å²) >= 11 is 1.51. The average molecular weight is 458 g/mol. The summed E-state index contributed by atoms with van der Waals surface area (Å²) in [6, 6.07) is 20.2. The van der Waals surface area contributed by atoms with Crippen LogP contribution in [0.5, 0.6) is 11.5 Å². The van der Waals surface area contributed by atoms with Crippen LogP contribution in [0.3, 0.4) is 0 Å². The zero-order valence-corrected chi connectivity index (χ0v) is 19.3. The Labute approximate surface area is 196 Å². The number of rotatable bonds is 6. The summed E-state index contributed by atoms with van der Waals surface area (Å²) in [4.78, 5) is 18.8. The fourth-order valence-electron chi connectivity index (χ4n) is 4.03. The van der Waals surface area contributed by atoms with Gasteiger partial charge in [0.05, 0.1) is 6.61 Å². The van der Waals surface area contributed by atoms with Gasteiger partial charge in [0.25, 0.3) is 0 Å². The number of carbonyl (C=O) groups is 1. The van der Waals surface area contributed by atoms with Gasteiger partial charge >= 0.3 is 5.97 Å². The first-order chi connectivity index (χ1) is 16.1. The van der Waals surface area contributed by atoms with Crippen molar-refractivity contribution in [2.75, 3.05) is 13.4 Å². The molecule has 0 bridgehead atoms. The molecule has 0 saturated carbocycles. The number of thiophene rings is 1. The van der Waals surface area contributed by atoms with Gasteiger partial charge in [0.2, 0.25) is 6.79 Å². The van der Waals surface area contributed by atoms with Crippen molar-refractivity contribution in [1.82, 2.24) is 0 Å². The van der Waals surface area contributed by atoms with Crippen LogP contribution >= 0.6 is 11.3 Å². The van der Waals surface area contributed by atoms with Crippen LogP contribution in [0.2, 0.25) is 0 Å². The third kappa shape index (κ3) is 4.22. The van der Waals surface area contributed by atoms with Gasteiger partial charge in [-0.25, -0.2) is 9.79 Å². The predicted octanol–water partition coefficient (Wildman–Crippen LogP) is 6.46. The maximum absolute atomic E-state index is 13.0. The van der Waals surface area contributed by atoms with E-state index in [9.17, 15) is 4.79 Å². The molecule has 0 saturated heterocycles. The van der Waals surface area contributed by atoms with Crippen LogP contribution in [0.4, 0.5) is 5.00 Å². The Balaban J connectivity index is 1.53. The molecule has 0 aliphatic carbocycles. The average Bonchev–Trinajstić information content (AvgIpc) is 3.41. The highest BCUT2D eigenvalue weighted by Gasteiger charge is 2.24. The molecule has 0 atom stereocenters. The van der Waals surface area contributed by atoms with Crippen molar-refractivity contribution in [3.63, 3.8) is 0 Å². The number of esters is 1. The van der Waals surface area contributed by atoms with E-state index in [0.29, 0.717) is 23.6 Å². The number of hydrogen-bond donors (Lipinski definition) is 0. The second-order valence-electron chi connectivity index (χ2n) is 7.73. The molecular formula is C27H23NO4S. The molecule has 0 unspecified atom stereocenters. The number of ether oxygens (including phenoxy) is 3. The highest BCUT2D eigenvalue weighted by Crippen LogP contribution is 2.39. The lowest BCUT2D eigenvalue weighted by atomic mass is 10.0. The van der Waals surface area contributed by atoms with Crippen molar-refractivity contribution in [3.05, 3.63) is 87.8 Å². The van der Waals surface area contributed by atoms with Gasteiger partial charge in [-0.1, -0.05) is 48.5 Å².